The van der Waals surface area contributed by atoms with E-state index in [1.165, 1.54) is 24.3 Å². The summed E-state index contributed by atoms with van der Waals surface area (Å²) in [5.74, 6) is 2.77. The summed E-state index contributed by atoms with van der Waals surface area (Å²) in [5, 5.41) is 57.5. The van der Waals surface area contributed by atoms with Gasteiger partial charge in [0.05, 0.1) is 55.8 Å². The molecule has 0 radical (unpaired) electrons. The number of carbonyl (C=O) groups excluding carboxylic acids is 2. The highest BCUT2D eigenvalue weighted by atomic mass is 16.5. The van der Waals surface area contributed by atoms with Crippen molar-refractivity contribution in [1.82, 2.24) is 4.90 Å². The van der Waals surface area contributed by atoms with Gasteiger partial charge < -0.3 is 39.0 Å². The molecule has 1 atom stereocenters. The molecule has 0 saturated carbocycles. The van der Waals surface area contributed by atoms with Gasteiger partial charge in [0.1, 0.15) is 72.0 Å². The molecule has 4 aliphatic rings. The lowest BCUT2D eigenvalue weighted by Crippen LogP contribution is -2.44. The van der Waals surface area contributed by atoms with Gasteiger partial charge in [0.15, 0.2) is 12.6 Å². The predicted octanol–water partition coefficient (Wildman–Crippen LogP) is 15.3. The molecule has 3 N–H and O–H groups in total. The molecular formula is C81H76N4O11. The molecule has 486 valence electrons. The summed E-state index contributed by atoms with van der Waals surface area (Å²) in [6.45, 7) is 1.80. The first-order chi connectivity index (χ1) is 47.0. The van der Waals surface area contributed by atoms with E-state index in [0.717, 1.165) is 179 Å². The average Bonchev–Trinajstić information content (AvgIpc) is 1.50. The van der Waals surface area contributed by atoms with E-state index in [9.17, 15) is 35.1 Å². The molecule has 15 heteroatoms. The lowest BCUT2D eigenvalue weighted by Gasteiger charge is -2.34. The summed E-state index contributed by atoms with van der Waals surface area (Å²) < 4.78 is 28.8. The zero-order chi connectivity index (χ0) is 67.5. The molecule has 1 saturated heterocycles. The number of nitriles is 3. The number of hydrogen-bond donors (Lipinski definition) is 3. The smallest absolute Gasteiger partial charge is 0.320 e. The first-order valence-electron chi connectivity index (χ1n) is 32.3. The number of hydrogen-bond acceptors (Lipinski definition) is 14. The van der Waals surface area contributed by atoms with Gasteiger partial charge >= 0.3 is 5.97 Å². The highest BCUT2D eigenvalue weighted by Gasteiger charge is 2.32. The van der Waals surface area contributed by atoms with Gasteiger partial charge in [-0.1, -0.05) is 152 Å². The minimum atomic E-state index is -0.749. The van der Waals surface area contributed by atoms with Crippen LogP contribution in [0.3, 0.4) is 0 Å². The number of ether oxygens (including phenoxy) is 5. The minimum Gasteiger partial charge on any atom is -0.508 e. The maximum atomic E-state index is 11.9. The van der Waals surface area contributed by atoms with Crippen LogP contribution in [0.25, 0.3) is 33.4 Å². The first-order valence-corrected chi connectivity index (χ1v) is 32.3. The average molecular weight is 1280 g/mol. The fourth-order valence-electron chi connectivity index (χ4n) is 13.6. The summed E-state index contributed by atoms with van der Waals surface area (Å²) in [4.78, 5) is 36.4. The Morgan fingerprint density at radius 3 is 1.34 bits per heavy atom. The van der Waals surface area contributed by atoms with Gasteiger partial charge in [-0.2, -0.15) is 15.8 Å². The molecule has 1 heterocycles. The molecule has 96 heavy (non-hydrogen) atoms. The molecule has 1 aliphatic heterocycles. The van der Waals surface area contributed by atoms with E-state index in [1.807, 2.05) is 146 Å². The summed E-state index contributed by atoms with van der Waals surface area (Å²) in [7, 11) is 4.72. The molecule has 9 aromatic rings. The number of nitrogens with zero attached hydrogens (tertiary/aromatic N) is 4. The minimum absolute atomic E-state index is 0.108. The van der Waals surface area contributed by atoms with Crippen molar-refractivity contribution in [3.05, 3.63) is 247 Å². The van der Waals surface area contributed by atoms with Crippen LogP contribution in [0.4, 0.5) is 0 Å². The Hall–Kier alpha value is -11.0. The van der Waals surface area contributed by atoms with Crippen LogP contribution in [0, 0.1) is 34.0 Å². The SMILES string of the molecule is COc1cc(O)c2c(c1C=O)CCC2.COc1cc(OCc2cccc(-c3ccccc3)c2C#N)c2c(c1C=O)CCC2.COc1cc(OCc2cccc(-c3ccccc3)c2C#N)c2c(c1CN1CCCC[C@H]1C(=O)O)CCC2.N#Cc1c(CO)cccc1-c1ccccc1. The van der Waals surface area contributed by atoms with Gasteiger partial charge in [-0.05, 0) is 149 Å². The number of methoxy groups -OCH3 is 3. The maximum absolute atomic E-state index is 11.9. The van der Waals surface area contributed by atoms with E-state index >= 15 is 0 Å². The Balaban J connectivity index is 0.000000150. The van der Waals surface area contributed by atoms with Crippen LogP contribution in [-0.4, -0.2) is 72.7 Å². The van der Waals surface area contributed by atoms with Crippen molar-refractivity contribution < 1.29 is 53.4 Å². The summed E-state index contributed by atoms with van der Waals surface area (Å²) in [6.07, 6.45) is 12.6. The number of aliphatic hydroxyl groups excluding tert-OH is 1. The molecule has 0 aromatic heterocycles. The highest BCUT2D eigenvalue weighted by molar-refractivity contribution is 5.85. The summed E-state index contributed by atoms with van der Waals surface area (Å²) in [6, 6.07) is 58.4. The third-order valence-electron chi connectivity index (χ3n) is 18.3. The molecular weight excluding hydrogens is 1200 g/mol. The third-order valence-corrected chi connectivity index (χ3v) is 18.3. The van der Waals surface area contributed by atoms with Crippen LogP contribution in [0.5, 0.6) is 34.5 Å². The van der Waals surface area contributed by atoms with Crippen molar-refractivity contribution in [3.63, 3.8) is 0 Å². The zero-order valence-electron chi connectivity index (χ0n) is 54.2. The number of piperidine rings is 1. The second-order valence-electron chi connectivity index (χ2n) is 23.7. The lowest BCUT2D eigenvalue weighted by atomic mass is 9.96. The molecule has 1 fully saturated rings. The number of fused-ring (bicyclic) bond motifs is 3. The normalized spacial score (nSPS) is 13.9. The number of carbonyl (C=O) groups is 3. The quantitative estimate of drug-likeness (QED) is 0.0678. The fourth-order valence-corrected chi connectivity index (χ4v) is 13.6. The van der Waals surface area contributed by atoms with Gasteiger partial charge in [0, 0.05) is 41.4 Å². The summed E-state index contributed by atoms with van der Waals surface area (Å²) >= 11 is 0. The molecule has 3 aliphatic carbocycles. The van der Waals surface area contributed by atoms with Crippen molar-refractivity contribution >= 4 is 18.5 Å². The molecule has 0 spiro atoms. The number of aldehydes is 2. The number of aromatic hydroxyl groups is 1. The van der Waals surface area contributed by atoms with Crippen LogP contribution >= 0.6 is 0 Å². The van der Waals surface area contributed by atoms with Crippen molar-refractivity contribution in [3.8, 4) is 86.1 Å². The number of aliphatic hydroxyl groups is 1. The van der Waals surface area contributed by atoms with Gasteiger partial charge in [-0.3, -0.25) is 19.3 Å². The van der Waals surface area contributed by atoms with Crippen LogP contribution in [0.15, 0.2) is 164 Å². The molecule has 15 nitrogen and oxygen atoms in total. The number of carboxylic acid groups (broad SMARTS) is 1. The van der Waals surface area contributed by atoms with Crippen molar-refractivity contribution in [1.29, 1.82) is 15.8 Å². The Labute approximate surface area is 560 Å². The number of aliphatic carboxylic acids is 1. The molecule has 9 aromatic carbocycles. The zero-order valence-corrected chi connectivity index (χ0v) is 54.2. The van der Waals surface area contributed by atoms with Crippen LogP contribution in [0.1, 0.15) is 132 Å². The Kier molecular flexibility index (Phi) is 23.1. The van der Waals surface area contributed by atoms with Crippen LogP contribution < -0.4 is 23.7 Å². The predicted molar refractivity (Wildman–Crippen MR) is 368 cm³/mol. The fraction of sp³-hybridized carbons (Fsp3) is 0.259. The first kappa shape index (κ1) is 67.9. The Bertz CT molecular complexity index is 4400. The van der Waals surface area contributed by atoms with Crippen molar-refractivity contribution in [2.24, 2.45) is 0 Å². The molecule has 0 amide bonds. The Morgan fingerprint density at radius 1 is 0.490 bits per heavy atom. The highest BCUT2D eigenvalue weighted by Crippen LogP contribution is 2.43. The summed E-state index contributed by atoms with van der Waals surface area (Å²) in [5.41, 5.74) is 18.5. The van der Waals surface area contributed by atoms with Crippen molar-refractivity contribution in [2.45, 2.75) is 109 Å². The van der Waals surface area contributed by atoms with Gasteiger partial charge in [-0.25, -0.2) is 0 Å². The standard InChI is InChI=1S/C31H32N2O4.C25H21NO3.C14H11NO.C11H12O3/c1-36-29-17-30(37-20-22-11-7-12-23(26(22)18-32)21-9-3-2-4-10-21)25-14-8-13-24(25)27(29)19-33-16-6-5-15-28(33)31(34)35;1-28-24-13-25(21-12-6-11-20(21)23(24)15-27)29-16-18-9-5-10-19(22(18)14-26)17-7-3-2-4-8-17;15-9-14-12(10-16)7-4-8-13(14)11-5-2-1-3-6-11;1-14-11-5-10(13)8-4-2-3-7(8)9(11)6-12/h2-4,7,9-12,17,28H,5-6,8,13-16,19-20H2,1H3,(H,34,35);2-5,7-10,13,15H,6,11-12,16H2,1H3;1-8,16H,10H2;5-6,13H,2-4H2,1H3/t28-;;;/m0.../s1. The van der Waals surface area contributed by atoms with Gasteiger partial charge in [0.25, 0.3) is 0 Å². The monoisotopic (exact) mass is 1280 g/mol. The topological polar surface area (TPSA) is 233 Å². The van der Waals surface area contributed by atoms with Crippen molar-refractivity contribution in [2.75, 3.05) is 27.9 Å². The Morgan fingerprint density at radius 2 is 0.896 bits per heavy atom. The van der Waals surface area contributed by atoms with E-state index in [1.54, 1.807) is 26.4 Å². The third kappa shape index (κ3) is 15.1. The number of rotatable bonds is 18. The van der Waals surface area contributed by atoms with E-state index in [4.69, 9.17) is 34.1 Å². The second kappa shape index (κ2) is 32.7. The van der Waals surface area contributed by atoms with E-state index < -0.39 is 12.0 Å². The number of carboxylic acids is 1. The second-order valence-corrected chi connectivity index (χ2v) is 23.7. The molecule has 13 rings (SSSR count). The largest absolute Gasteiger partial charge is 0.508 e. The number of benzene rings is 9. The van der Waals surface area contributed by atoms with Gasteiger partial charge in [0.2, 0.25) is 0 Å². The maximum Gasteiger partial charge on any atom is 0.320 e. The van der Waals surface area contributed by atoms with Crippen LogP contribution in [-0.2, 0) is 69.7 Å². The van der Waals surface area contributed by atoms with Gasteiger partial charge in [-0.15, -0.1) is 0 Å². The molecule has 0 unspecified atom stereocenters. The number of likely N-dealkylation sites (tertiary alicyclic amines) is 1. The lowest BCUT2D eigenvalue weighted by molar-refractivity contribution is -0.144. The van der Waals surface area contributed by atoms with Crippen LogP contribution in [0.2, 0.25) is 0 Å². The van der Waals surface area contributed by atoms with E-state index in [2.05, 4.69) is 23.1 Å². The number of phenolic OH excluding ortho intramolecular Hbond substituents is 1. The molecule has 0 bridgehead atoms. The van der Waals surface area contributed by atoms with E-state index in [0.29, 0.717) is 57.8 Å². The van der Waals surface area contributed by atoms with E-state index in [-0.39, 0.29) is 25.6 Å². The number of phenols is 1.